The van der Waals surface area contributed by atoms with Gasteiger partial charge in [0.25, 0.3) is 0 Å². The molecule has 1 atom stereocenters. The van der Waals surface area contributed by atoms with Crippen LogP contribution < -0.4 is 5.32 Å². The zero-order valence-electron chi connectivity index (χ0n) is 16.2. The molecule has 1 saturated heterocycles. The number of piperazine rings is 1. The molecule has 1 aliphatic carbocycles. The van der Waals surface area contributed by atoms with Gasteiger partial charge >= 0.3 is 0 Å². The van der Waals surface area contributed by atoms with Gasteiger partial charge in [-0.1, -0.05) is 18.9 Å². The second-order valence-corrected chi connectivity index (χ2v) is 8.48. The summed E-state index contributed by atoms with van der Waals surface area (Å²) in [6, 6.07) is 3.93. The molecule has 0 radical (unpaired) electrons. The fraction of sp³-hybridized carbons (Fsp3) is 0.700. The van der Waals surface area contributed by atoms with Crippen LogP contribution in [0.2, 0.25) is 0 Å². The van der Waals surface area contributed by atoms with Gasteiger partial charge in [-0.3, -0.25) is 14.5 Å². The topological polar surface area (TPSA) is 61.9 Å². The molecular weight excluding hydrogens is 362 g/mol. The number of ether oxygens (including phenoxy) is 1. The lowest BCUT2D eigenvalue weighted by atomic mass is 9.95. The first kappa shape index (κ1) is 20.3. The first-order valence-electron chi connectivity index (χ1n) is 10.00. The molecule has 1 aliphatic heterocycles. The minimum absolute atomic E-state index is 0.0705. The van der Waals surface area contributed by atoms with E-state index in [9.17, 15) is 9.59 Å². The smallest absolute Gasteiger partial charge is 0.237 e. The second-order valence-electron chi connectivity index (χ2n) is 7.45. The molecule has 0 spiro atoms. The van der Waals surface area contributed by atoms with E-state index in [1.165, 1.54) is 12.8 Å². The molecule has 1 aromatic heterocycles. The average molecular weight is 394 g/mol. The predicted molar refractivity (Wildman–Crippen MR) is 107 cm³/mol. The fourth-order valence-corrected chi connectivity index (χ4v) is 4.95. The summed E-state index contributed by atoms with van der Waals surface area (Å²) in [5.74, 6) is 0.747. The molecule has 150 valence electrons. The summed E-state index contributed by atoms with van der Waals surface area (Å²) < 4.78 is 5.05. The summed E-state index contributed by atoms with van der Waals surface area (Å²) in [6.45, 7) is 4.05. The van der Waals surface area contributed by atoms with Crippen LogP contribution in [0.3, 0.4) is 0 Å². The Bertz CT molecular complexity index is 594. The van der Waals surface area contributed by atoms with E-state index >= 15 is 0 Å². The minimum atomic E-state index is -0.0705. The molecule has 27 heavy (non-hydrogen) atoms. The van der Waals surface area contributed by atoms with Crippen LogP contribution >= 0.6 is 11.3 Å². The molecule has 2 fully saturated rings. The van der Waals surface area contributed by atoms with Gasteiger partial charge < -0.3 is 15.0 Å². The van der Waals surface area contributed by atoms with Gasteiger partial charge in [-0.25, -0.2) is 0 Å². The largest absolute Gasteiger partial charge is 0.383 e. The Balaban J connectivity index is 1.55. The summed E-state index contributed by atoms with van der Waals surface area (Å²) in [7, 11) is 1.65. The van der Waals surface area contributed by atoms with Crippen molar-refractivity contribution in [3.63, 3.8) is 0 Å². The van der Waals surface area contributed by atoms with E-state index in [1.807, 2.05) is 22.4 Å². The van der Waals surface area contributed by atoms with Crippen LogP contribution in [-0.4, -0.2) is 74.1 Å². The van der Waals surface area contributed by atoms with Crippen LogP contribution in [-0.2, 0) is 20.7 Å². The van der Waals surface area contributed by atoms with E-state index in [2.05, 4.69) is 10.2 Å². The third-order valence-corrected chi connectivity index (χ3v) is 6.56. The van der Waals surface area contributed by atoms with Gasteiger partial charge in [0.1, 0.15) is 0 Å². The molecule has 2 aliphatic rings. The second kappa shape index (κ2) is 10.2. The summed E-state index contributed by atoms with van der Waals surface area (Å²) in [5, 5.41) is 5.05. The standard InChI is InChI=1S/C20H31N3O3S/c1-26-13-8-21-20(25)19(16-5-2-3-6-16)23-11-9-22(10-12-23)18(24)15-17-7-4-14-27-17/h4,7,14,16,19H,2-3,5-6,8-13,15H2,1H3,(H,21,25). The Morgan fingerprint density at radius 2 is 2.00 bits per heavy atom. The number of carbonyl (C=O) groups is 2. The molecule has 2 heterocycles. The van der Waals surface area contributed by atoms with Crippen LogP contribution in [0.15, 0.2) is 17.5 Å². The van der Waals surface area contributed by atoms with E-state index < -0.39 is 0 Å². The van der Waals surface area contributed by atoms with Crippen molar-refractivity contribution < 1.29 is 14.3 Å². The number of carbonyl (C=O) groups excluding carboxylic acids is 2. The van der Waals surface area contributed by atoms with E-state index in [4.69, 9.17) is 4.74 Å². The molecule has 6 nitrogen and oxygen atoms in total. The third kappa shape index (κ3) is 5.53. The molecular formula is C20H31N3O3S. The maximum atomic E-state index is 12.8. The number of hydrogen-bond acceptors (Lipinski definition) is 5. The van der Waals surface area contributed by atoms with E-state index in [-0.39, 0.29) is 17.9 Å². The van der Waals surface area contributed by atoms with Crippen LogP contribution in [0.4, 0.5) is 0 Å². The average Bonchev–Trinajstić information content (AvgIpc) is 3.37. The molecule has 7 heteroatoms. The Hall–Kier alpha value is -1.44. The number of amides is 2. The van der Waals surface area contributed by atoms with Crippen molar-refractivity contribution in [3.8, 4) is 0 Å². The summed E-state index contributed by atoms with van der Waals surface area (Å²) in [5.41, 5.74) is 0. The van der Waals surface area contributed by atoms with E-state index in [0.717, 1.165) is 30.8 Å². The van der Waals surface area contributed by atoms with Gasteiger partial charge in [0, 0.05) is 44.7 Å². The normalized spacial score (nSPS) is 20.0. The molecule has 1 saturated carbocycles. The van der Waals surface area contributed by atoms with Crippen molar-refractivity contribution in [1.82, 2.24) is 15.1 Å². The molecule has 0 bridgehead atoms. The number of hydrogen-bond donors (Lipinski definition) is 1. The highest BCUT2D eigenvalue weighted by atomic mass is 32.1. The van der Waals surface area contributed by atoms with Crippen LogP contribution in [0, 0.1) is 5.92 Å². The number of nitrogens with zero attached hydrogens (tertiary/aromatic N) is 2. The SMILES string of the molecule is COCCNC(=O)C(C1CCCC1)N1CCN(C(=O)Cc2cccs2)CC1. The van der Waals surface area contributed by atoms with Gasteiger partial charge in [0.05, 0.1) is 19.1 Å². The minimum Gasteiger partial charge on any atom is -0.383 e. The third-order valence-electron chi connectivity index (χ3n) is 5.69. The number of rotatable bonds is 8. The van der Waals surface area contributed by atoms with Crippen molar-refractivity contribution in [3.05, 3.63) is 22.4 Å². The Labute approximate surface area is 165 Å². The van der Waals surface area contributed by atoms with E-state index in [1.54, 1.807) is 18.4 Å². The quantitative estimate of drug-likeness (QED) is 0.684. The zero-order valence-corrected chi connectivity index (χ0v) is 17.0. The Morgan fingerprint density at radius 1 is 1.26 bits per heavy atom. The molecule has 1 N–H and O–H groups in total. The lowest BCUT2D eigenvalue weighted by Crippen LogP contribution is -2.58. The van der Waals surface area contributed by atoms with Crippen LogP contribution in [0.5, 0.6) is 0 Å². The lowest BCUT2D eigenvalue weighted by Gasteiger charge is -2.40. The number of methoxy groups -OCH3 is 1. The van der Waals surface area contributed by atoms with Gasteiger partial charge in [0.15, 0.2) is 0 Å². The number of thiophene rings is 1. The van der Waals surface area contributed by atoms with Gasteiger partial charge in [-0.05, 0) is 30.2 Å². The number of nitrogens with one attached hydrogen (secondary N) is 1. The van der Waals surface area contributed by atoms with Crippen molar-refractivity contribution in [2.75, 3.05) is 46.4 Å². The highest BCUT2D eigenvalue weighted by molar-refractivity contribution is 7.10. The monoisotopic (exact) mass is 393 g/mol. The molecule has 1 unspecified atom stereocenters. The molecule has 1 aromatic rings. The highest BCUT2D eigenvalue weighted by Crippen LogP contribution is 2.31. The van der Waals surface area contributed by atoms with Crippen molar-refractivity contribution in [1.29, 1.82) is 0 Å². The first-order chi connectivity index (χ1) is 13.2. The molecule has 0 aromatic carbocycles. The first-order valence-corrected chi connectivity index (χ1v) is 10.9. The predicted octanol–water partition coefficient (Wildman–Crippen LogP) is 1.76. The Kier molecular flexibility index (Phi) is 7.67. The van der Waals surface area contributed by atoms with Crippen LogP contribution in [0.1, 0.15) is 30.6 Å². The summed E-state index contributed by atoms with van der Waals surface area (Å²) in [6.07, 6.45) is 5.17. The maximum absolute atomic E-state index is 12.8. The molecule has 2 amide bonds. The Morgan fingerprint density at radius 3 is 2.63 bits per heavy atom. The van der Waals surface area contributed by atoms with Crippen LogP contribution in [0.25, 0.3) is 0 Å². The van der Waals surface area contributed by atoms with E-state index in [0.29, 0.717) is 38.6 Å². The zero-order chi connectivity index (χ0) is 19.1. The summed E-state index contributed by atoms with van der Waals surface area (Å²) >= 11 is 1.63. The molecule has 3 rings (SSSR count). The van der Waals surface area contributed by atoms with Gasteiger partial charge in [-0.15, -0.1) is 11.3 Å². The lowest BCUT2D eigenvalue weighted by molar-refractivity contribution is -0.134. The van der Waals surface area contributed by atoms with Gasteiger partial charge in [-0.2, -0.15) is 0 Å². The summed E-state index contributed by atoms with van der Waals surface area (Å²) in [4.78, 5) is 30.7. The maximum Gasteiger partial charge on any atom is 0.237 e. The van der Waals surface area contributed by atoms with Crippen molar-refractivity contribution >= 4 is 23.2 Å². The highest BCUT2D eigenvalue weighted by Gasteiger charge is 2.37. The van der Waals surface area contributed by atoms with Gasteiger partial charge in [0.2, 0.25) is 11.8 Å². The van der Waals surface area contributed by atoms with Crippen molar-refractivity contribution in [2.45, 2.75) is 38.1 Å². The fourth-order valence-electron chi connectivity index (χ4n) is 4.26. The van der Waals surface area contributed by atoms with Crippen molar-refractivity contribution in [2.24, 2.45) is 5.92 Å².